The van der Waals surface area contributed by atoms with Crippen LogP contribution in [0.4, 0.5) is 5.69 Å². The molecule has 1 aromatic carbocycles. The van der Waals surface area contributed by atoms with Crippen LogP contribution in [0.1, 0.15) is 5.56 Å². The zero-order chi connectivity index (χ0) is 10.5. The lowest BCUT2D eigenvalue weighted by Crippen LogP contribution is -2.12. The van der Waals surface area contributed by atoms with E-state index < -0.39 is 0 Å². The highest BCUT2D eigenvalue weighted by molar-refractivity contribution is 8.13. The summed E-state index contributed by atoms with van der Waals surface area (Å²) in [5.74, 6) is 0.823. The van der Waals surface area contributed by atoms with E-state index in [1.54, 1.807) is 18.0 Å². The first-order valence-corrected chi connectivity index (χ1v) is 5.59. The van der Waals surface area contributed by atoms with E-state index in [0.717, 1.165) is 22.2 Å². The molecule has 1 aliphatic heterocycles. The number of hydrogen-bond acceptors (Lipinski definition) is 4. The second-order valence-electron chi connectivity index (χ2n) is 2.95. The number of nitrogens with one attached hydrogen (secondary N) is 1. The zero-order valence-corrected chi connectivity index (χ0v) is 9.00. The van der Waals surface area contributed by atoms with E-state index in [1.807, 2.05) is 30.3 Å². The summed E-state index contributed by atoms with van der Waals surface area (Å²) in [7, 11) is 0. The molecule has 0 atom stereocenters. The predicted octanol–water partition coefficient (Wildman–Crippen LogP) is 2.53. The van der Waals surface area contributed by atoms with Crippen LogP contribution >= 0.6 is 11.8 Å². The lowest BCUT2D eigenvalue weighted by Gasteiger charge is -2.01. The van der Waals surface area contributed by atoms with E-state index in [9.17, 15) is 0 Å². The van der Waals surface area contributed by atoms with Gasteiger partial charge in [0.25, 0.3) is 0 Å². The number of nitrogens with zero attached hydrogens (tertiary/aromatic N) is 2. The van der Waals surface area contributed by atoms with Crippen molar-refractivity contribution in [3.63, 3.8) is 0 Å². The Kier molecular flexibility index (Phi) is 3.19. The van der Waals surface area contributed by atoms with Crippen LogP contribution in [0.3, 0.4) is 0 Å². The molecule has 1 aromatic rings. The highest BCUT2D eigenvalue weighted by atomic mass is 32.2. The van der Waals surface area contributed by atoms with Crippen molar-refractivity contribution in [1.29, 1.82) is 0 Å². The van der Waals surface area contributed by atoms with Crippen LogP contribution < -0.4 is 5.43 Å². The first kappa shape index (κ1) is 9.98. The lowest BCUT2D eigenvalue weighted by atomic mass is 10.2. The molecule has 0 amide bonds. The van der Waals surface area contributed by atoms with E-state index in [1.165, 1.54) is 0 Å². The third-order valence-electron chi connectivity index (χ3n) is 1.86. The molecule has 0 saturated carbocycles. The van der Waals surface area contributed by atoms with Crippen LogP contribution in [-0.4, -0.2) is 17.1 Å². The van der Waals surface area contributed by atoms with Gasteiger partial charge in [-0.25, -0.2) is 4.99 Å². The Labute approximate surface area is 93.0 Å². The standard InChI is InChI=1S/C11H11N3S/c1-2-7-15-11-13-10-6-4-3-5-9(10)8-12-14-11/h2-6,8H,1,7H2,(H,13,14). The fraction of sp³-hybridized carbons (Fsp3) is 0.0909. The molecule has 4 heteroatoms. The van der Waals surface area contributed by atoms with Gasteiger partial charge in [-0.2, -0.15) is 5.10 Å². The summed E-state index contributed by atoms with van der Waals surface area (Å²) < 4.78 is 0. The molecular weight excluding hydrogens is 206 g/mol. The Morgan fingerprint density at radius 3 is 3.13 bits per heavy atom. The van der Waals surface area contributed by atoms with E-state index in [0.29, 0.717) is 0 Å². The smallest absolute Gasteiger partial charge is 0.182 e. The Morgan fingerprint density at radius 1 is 1.40 bits per heavy atom. The minimum atomic E-state index is 0.802. The third-order valence-corrected chi connectivity index (χ3v) is 2.72. The topological polar surface area (TPSA) is 36.8 Å². The van der Waals surface area contributed by atoms with Crippen molar-refractivity contribution in [3.8, 4) is 0 Å². The molecule has 76 valence electrons. The molecule has 0 unspecified atom stereocenters. The van der Waals surface area contributed by atoms with Crippen molar-refractivity contribution in [3.05, 3.63) is 42.5 Å². The quantitative estimate of drug-likeness (QED) is 0.773. The van der Waals surface area contributed by atoms with E-state index in [4.69, 9.17) is 0 Å². The number of aliphatic imine (C=N–C) groups is 1. The minimum absolute atomic E-state index is 0.802. The fourth-order valence-electron chi connectivity index (χ4n) is 1.19. The maximum atomic E-state index is 4.47. The van der Waals surface area contributed by atoms with E-state index in [2.05, 4.69) is 22.1 Å². The van der Waals surface area contributed by atoms with Gasteiger partial charge in [0.1, 0.15) is 0 Å². The maximum Gasteiger partial charge on any atom is 0.182 e. The van der Waals surface area contributed by atoms with Crippen LogP contribution in [0.5, 0.6) is 0 Å². The van der Waals surface area contributed by atoms with E-state index in [-0.39, 0.29) is 0 Å². The molecule has 0 spiro atoms. The Morgan fingerprint density at radius 2 is 2.27 bits per heavy atom. The predicted molar refractivity (Wildman–Crippen MR) is 66.9 cm³/mol. The number of fused-ring (bicyclic) bond motifs is 1. The molecule has 1 heterocycles. The van der Waals surface area contributed by atoms with Gasteiger partial charge in [0.15, 0.2) is 5.17 Å². The summed E-state index contributed by atoms with van der Waals surface area (Å²) in [5.41, 5.74) is 4.87. The number of thioether (sulfide) groups is 1. The number of hydrazone groups is 1. The molecule has 0 saturated heterocycles. The van der Waals surface area contributed by atoms with Gasteiger partial charge >= 0.3 is 0 Å². The number of amidine groups is 1. The number of benzene rings is 1. The van der Waals surface area contributed by atoms with Crippen molar-refractivity contribution in [1.82, 2.24) is 5.43 Å². The summed E-state index contributed by atoms with van der Waals surface area (Å²) in [4.78, 5) is 4.47. The highest BCUT2D eigenvalue weighted by Crippen LogP contribution is 2.20. The Bertz CT molecular complexity index is 424. The molecule has 3 nitrogen and oxygen atoms in total. The van der Waals surface area contributed by atoms with Crippen LogP contribution in [0.25, 0.3) is 0 Å². The fourth-order valence-corrected chi connectivity index (χ4v) is 1.75. The number of hydrogen-bond donors (Lipinski definition) is 1. The zero-order valence-electron chi connectivity index (χ0n) is 8.18. The van der Waals surface area contributed by atoms with Gasteiger partial charge in [-0.15, -0.1) is 6.58 Å². The maximum absolute atomic E-state index is 4.47. The largest absolute Gasteiger partial charge is 0.256 e. The molecule has 2 rings (SSSR count). The monoisotopic (exact) mass is 217 g/mol. The van der Waals surface area contributed by atoms with Crippen molar-refractivity contribution in [2.24, 2.45) is 10.1 Å². The summed E-state index contributed by atoms with van der Waals surface area (Å²) in [6, 6.07) is 7.91. The van der Waals surface area contributed by atoms with Gasteiger partial charge < -0.3 is 0 Å². The third kappa shape index (κ3) is 2.47. The average molecular weight is 217 g/mol. The van der Waals surface area contributed by atoms with Crippen LogP contribution in [0, 0.1) is 0 Å². The van der Waals surface area contributed by atoms with Gasteiger partial charge in [0.2, 0.25) is 0 Å². The molecule has 0 radical (unpaired) electrons. The molecule has 15 heavy (non-hydrogen) atoms. The van der Waals surface area contributed by atoms with Crippen molar-refractivity contribution in [2.75, 3.05) is 5.75 Å². The molecule has 0 aromatic heterocycles. The minimum Gasteiger partial charge on any atom is -0.256 e. The molecule has 0 bridgehead atoms. The van der Waals surface area contributed by atoms with Gasteiger partial charge in [0, 0.05) is 11.3 Å². The second-order valence-corrected chi connectivity index (χ2v) is 3.95. The normalized spacial score (nSPS) is 13.5. The van der Waals surface area contributed by atoms with Crippen molar-refractivity contribution < 1.29 is 0 Å². The number of rotatable bonds is 2. The van der Waals surface area contributed by atoms with Gasteiger partial charge in [-0.1, -0.05) is 36.0 Å². The van der Waals surface area contributed by atoms with Gasteiger partial charge in [-0.3, -0.25) is 5.43 Å². The van der Waals surface area contributed by atoms with Crippen LogP contribution in [0.2, 0.25) is 0 Å². The summed E-state index contributed by atoms with van der Waals surface area (Å²) in [6.07, 6.45) is 3.62. The Hall–Kier alpha value is -1.55. The molecule has 1 N–H and O–H groups in total. The number of para-hydroxylation sites is 1. The molecular formula is C11H11N3S. The van der Waals surface area contributed by atoms with Crippen molar-refractivity contribution >= 4 is 28.8 Å². The van der Waals surface area contributed by atoms with Gasteiger partial charge in [-0.05, 0) is 6.07 Å². The van der Waals surface area contributed by atoms with Crippen molar-refractivity contribution in [2.45, 2.75) is 0 Å². The molecule has 1 aliphatic rings. The SMILES string of the molecule is C=CCSC1=Nc2ccccc2C=NN1. The summed E-state index contributed by atoms with van der Waals surface area (Å²) in [6.45, 7) is 3.67. The Balaban J connectivity index is 2.27. The lowest BCUT2D eigenvalue weighted by molar-refractivity contribution is 1.06. The van der Waals surface area contributed by atoms with Crippen LogP contribution in [-0.2, 0) is 0 Å². The van der Waals surface area contributed by atoms with Crippen LogP contribution in [0.15, 0.2) is 47.0 Å². The summed E-state index contributed by atoms with van der Waals surface area (Å²) >= 11 is 1.58. The first-order chi connectivity index (χ1) is 7.40. The van der Waals surface area contributed by atoms with E-state index >= 15 is 0 Å². The summed E-state index contributed by atoms with van der Waals surface area (Å²) in [5, 5.41) is 4.89. The second kappa shape index (κ2) is 4.79. The first-order valence-electron chi connectivity index (χ1n) is 4.60. The highest BCUT2D eigenvalue weighted by Gasteiger charge is 2.05. The molecule has 0 aliphatic carbocycles. The average Bonchev–Trinajstić information content (AvgIpc) is 2.47. The molecule has 0 fully saturated rings. The van der Waals surface area contributed by atoms with Gasteiger partial charge in [0.05, 0.1) is 11.9 Å².